The van der Waals surface area contributed by atoms with Gasteiger partial charge in [0.15, 0.2) is 12.4 Å². The van der Waals surface area contributed by atoms with Crippen LogP contribution >= 0.6 is 0 Å². The van der Waals surface area contributed by atoms with E-state index in [1.54, 1.807) is 43.5 Å². The van der Waals surface area contributed by atoms with Crippen LogP contribution < -0.4 is 10.1 Å². The molecule has 2 aliphatic carbocycles. The topological polar surface area (TPSA) is 81.7 Å². The van der Waals surface area contributed by atoms with E-state index in [-0.39, 0.29) is 30.1 Å². The van der Waals surface area contributed by atoms with Crippen LogP contribution in [0.5, 0.6) is 5.75 Å². The number of amides is 1. The van der Waals surface area contributed by atoms with E-state index < -0.39 is 17.8 Å². The first-order valence-electron chi connectivity index (χ1n) is 10.3. The SMILES string of the molecule is COc1cccc(NC(=O)COC(=O)[C@@H]2[C@@H]3CC[C@@H](C3)[C@@H]2C(=O)c2ccccc2)c1. The number of hydrogen-bond acceptors (Lipinski definition) is 5. The van der Waals surface area contributed by atoms with Gasteiger partial charge in [-0.05, 0) is 43.2 Å². The lowest BCUT2D eigenvalue weighted by molar-refractivity contribution is -0.154. The molecule has 0 spiro atoms. The molecule has 2 saturated carbocycles. The molecule has 156 valence electrons. The van der Waals surface area contributed by atoms with Crippen LogP contribution in [0.2, 0.25) is 0 Å². The molecule has 1 N–H and O–H groups in total. The highest BCUT2D eigenvalue weighted by atomic mass is 16.5. The minimum atomic E-state index is -0.471. The molecule has 4 rings (SSSR count). The number of Topliss-reactive ketones (excluding diaryl/α,β-unsaturated/α-hetero) is 1. The normalized spacial score (nSPS) is 24.3. The second-order valence-electron chi connectivity index (χ2n) is 8.00. The van der Waals surface area contributed by atoms with Crippen molar-refractivity contribution in [3.05, 3.63) is 60.2 Å². The molecule has 1 amide bonds. The predicted molar refractivity (Wildman–Crippen MR) is 111 cm³/mol. The monoisotopic (exact) mass is 407 g/mol. The molecule has 6 nitrogen and oxygen atoms in total. The molecule has 30 heavy (non-hydrogen) atoms. The van der Waals surface area contributed by atoms with E-state index in [9.17, 15) is 14.4 Å². The summed E-state index contributed by atoms with van der Waals surface area (Å²) >= 11 is 0. The van der Waals surface area contributed by atoms with E-state index in [1.165, 1.54) is 0 Å². The van der Waals surface area contributed by atoms with Crippen LogP contribution in [0.15, 0.2) is 54.6 Å². The number of esters is 1. The van der Waals surface area contributed by atoms with Crippen molar-refractivity contribution in [1.29, 1.82) is 0 Å². The minimum absolute atomic E-state index is 0.00517. The molecule has 0 aliphatic heterocycles. The molecule has 0 saturated heterocycles. The molecule has 6 heteroatoms. The van der Waals surface area contributed by atoms with E-state index in [0.717, 1.165) is 19.3 Å². The van der Waals surface area contributed by atoms with E-state index in [0.29, 0.717) is 17.0 Å². The number of ketones is 1. The standard InChI is InChI=1S/C24H25NO5/c1-29-19-9-5-8-18(13-19)25-20(26)14-30-24(28)22-17-11-10-16(12-17)21(22)23(27)15-6-3-2-4-7-15/h2-9,13,16-17,21-22H,10-12,14H2,1H3,(H,25,26)/t16-,17+,21-,22+/m0/s1. The molecule has 0 heterocycles. The molecular weight excluding hydrogens is 382 g/mol. The fourth-order valence-electron chi connectivity index (χ4n) is 4.93. The van der Waals surface area contributed by atoms with Gasteiger partial charge in [0.25, 0.3) is 5.91 Å². The Labute approximate surface area is 175 Å². The Kier molecular flexibility index (Phi) is 5.84. The van der Waals surface area contributed by atoms with Gasteiger partial charge in [-0.2, -0.15) is 0 Å². The maximum Gasteiger partial charge on any atom is 0.310 e. The van der Waals surface area contributed by atoms with Crippen LogP contribution in [0, 0.1) is 23.7 Å². The number of ether oxygens (including phenoxy) is 2. The zero-order chi connectivity index (χ0) is 21.1. The smallest absolute Gasteiger partial charge is 0.310 e. The number of carbonyl (C=O) groups excluding carboxylic acids is 3. The Hall–Kier alpha value is -3.15. The second-order valence-corrected chi connectivity index (χ2v) is 8.00. The summed E-state index contributed by atoms with van der Waals surface area (Å²) in [5, 5.41) is 2.69. The minimum Gasteiger partial charge on any atom is -0.497 e. The summed E-state index contributed by atoms with van der Waals surface area (Å²) < 4.78 is 10.5. The summed E-state index contributed by atoms with van der Waals surface area (Å²) in [4.78, 5) is 38.2. The van der Waals surface area contributed by atoms with Crippen molar-refractivity contribution in [1.82, 2.24) is 0 Å². The third kappa shape index (κ3) is 4.08. The van der Waals surface area contributed by atoms with Crippen molar-refractivity contribution in [2.24, 2.45) is 23.7 Å². The number of rotatable bonds is 7. The van der Waals surface area contributed by atoms with Gasteiger partial charge >= 0.3 is 5.97 Å². The summed E-state index contributed by atoms with van der Waals surface area (Å²) in [6.45, 7) is -0.379. The Morgan fingerprint density at radius 1 is 0.967 bits per heavy atom. The molecule has 4 atom stereocenters. The Morgan fingerprint density at radius 2 is 1.70 bits per heavy atom. The van der Waals surface area contributed by atoms with Gasteiger partial charge in [0.1, 0.15) is 5.75 Å². The van der Waals surface area contributed by atoms with Crippen LogP contribution in [-0.2, 0) is 14.3 Å². The van der Waals surface area contributed by atoms with Crippen LogP contribution in [0.25, 0.3) is 0 Å². The number of benzene rings is 2. The van der Waals surface area contributed by atoms with Crippen molar-refractivity contribution in [2.45, 2.75) is 19.3 Å². The third-order valence-electron chi connectivity index (χ3n) is 6.25. The van der Waals surface area contributed by atoms with E-state index in [1.807, 2.05) is 18.2 Å². The number of hydrogen-bond donors (Lipinski definition) is 1. The van der Waals surface area contributed by atoms with E-state index >= 15 is 0 Å². The van der Waals surface area contributed by atoms with Gasteiger partial charge in [-0.3, -0.25) is 14.4 Å². The molecule has 2 aromatic carbocycles. The first kappa shape index (κ1) is 20.1. The molecule has 0 unspecified atom stereocenters. The molecular formula is C24H25NO5. The zero-order valence-corrected chi connectivity index (χ0v) is 16.9. The first-order chi connectivity index (χ1) is 14.6. The van der Waals surface area contributed by atoms with Crippen LogP contribution in [0.3, 0.4) is 0 Å². The Morgan fingerprint density at radius 3 is 2.43 bits per heavy atom. The quantitative estimate of drug-likeness (QED) is 0.559. The van der Waals surface area contributed by atoms with Crippen molar-refractivity contribution in [3.63, 3.8) is 0 Å². The van der Waals surface area contributed by atoms with E-state index in [4.69, 9.17) is 9.47 Å². The van der Waals surface area contributed by atoms with Crippen LogP contribution in [0.4, 0.5) is 5.69 Å². The van der Waals surface area contributed by atoms with Gasteiger partial charge in [0.05, 0.1) is 13.0 Å². The molecule has 2 aliphatic rings. The van der Waals surface area contributed by atoms with Crippen molar-refractivity contribution < 1.29 is 23.9 Å². The fourth-order valence-corrected chi connectivity index (χ4v) is 4.93. The summed E-state index contributed by atoms with van der Waals surface area (Å²) in [6.07, 6.45) is 2.77. The lowest BCUT2D eigenvalue weighted by Gasteiger charge is -2.28. The van der Waals surface area contributed by atoms with Gasteiger partial charge < -0.3 is 14.8 Å². The summed E-state index contributed by atoms with van der Waals surface area (Å²) in [7, 11) is 1.55. The van der Waals surface area contributed by atoms with Crippen molar-refractivity contribution >= 4 is 23.3 Å². The number of nitrogens with one attached hydrogen (secondary N) is 1. The summed E-state index contributed by atoms with van der Waals surface area (Å²) in [5.74, 6) is -0.712. The number of fused-ring (bicyclic) bond motifs is 2. The highest BCUT2D eigenvalue weighted by molar-refractivity contribution is 6.01. The van der Waals surface area contributed by atoms with Crippen LogP contribution in [0.1, 0.15) is 29.6 Å². The number of methoxy groups -OCH3 is 1. The lowest BCUT2D eigenvalue weighted by atomic mass is 9.75. The van der Waals surface area contributed by atoms with Gasteiger partial charge in [0, 0.05) is 23.2 Å². The Balaban J connectivity index is 1.39. The summed E-state index contributed by atoms with van der Waals surface area (Å²) in [5.41, 5.74) is 1.19. The van der Waals surface area contributed by atoms with E-state index in [2.05, 4.69) is 5.32 Å². The average molecular weight is 407 g/mol. The Bertz CT molecular complexity index is 942. The molecule has 0 radical (unpaired) electrons. The highest BCUT2D eigenvalue weighted by Crippen LogP contribution is 2.53. The first-order valence-corrected chi connectivity index (χ1v) is 10.3. The molecule has 2 bridgehead atoms. The zero-order valence-electron chi connectivity index (χ0n) is 16.9. The van der Waals surface area contributed by atoms with Crippen molar-refractivity contribution in [3.8, 4) is 5.75 Å². The van der Waals surface area contributed by atoms with Gasteiger partial charge in [-0.1, -0.05) is 36.4 Å². The maximum absolute atomic E-state index is 13.1. The average Bonchev–Trinajstić information content (AvgIpc) is 3.39. The lowest BCUT2D eigenvalue weighted by Crippen LogP contribution is -2.37. The van der Waals surface area contributed by atoms with Gasteiger partial charge in [-0.25, -0.2) is 0 Å². The van der Waals surface area contributed by atoms with Crippen LogP contribution in [-0.4, -0.2) is 31.4 Å². The number of anilines is 1. The molecule has 2 fully saturated rings. The third-order valence-corrected chi connectivity index (χ3v) is 6.25. The largest absolute Gasteiger partial charge is 0.497 e. The molecule has 0 aromatic heterocycles. The number of carbonyl (C=O) groups is 3. The van der Waals surface area contributed by atoms with Crippen molar-refractivity contribution in [2.75, 3.05) is 19.0 Å². The second kappa shape index (κ2) is 8.69. The highest BCUT2D eigenvalue weighted by Gasteiger charge is 2.54. The fraction of sp³-hybridized carbons (Fsp3) is 0.375. The summed E-state index contributed by atoms with van der Waals surface area (Å²) in [6, 6.07) is 16.1. The maximum atomic E-state index is 13.1. The van der Waals surface area contributed by atoms with Gasteiger partial charge in [-0.15, -0.1) is 0 Å². The molecule has 2 aromatic rings. The predicted octanol–water partition coefficient (Wildman–Crippen LogP) is 3.72. The van der Waals surface area contributed by atoms with Gasteiger partial charge in [0.2, 0.25) is 0 Å².